The number of hydrogen-bond acceptors (Lipinski definition) is 11. The van der Waals surface area contributed by atoms with Gasteiger partial charge in [-0.25, -0.2) is 8.42 Å². The molecule has 36 heavy (non-hydrogen) atoms. The zero-order valence-electron chi connectivity index (χ0n) is 19.2. The number of nitrogens with one attached hydrogen (secondary N) is 2. The Labute approximate surface area is 220 Å². The molecule has 188 valence electrons. The molecule has 0 aliphatic carbocycles. The minimum Gasteiger partial charge on any atom is -0.301 e. The normalized spacial score (nSPS) is 10.7. The summed E-state index contributed by atoms with van der Waals surface area (Å²) in [6.45, 7) is 2.78. The summed E-state index contributed by atoms with van der Waals surface area (Å²) in [7, 11) is -3.53. The molecule has 0 saturated carbocycles. The van der Waals surface area contributed by atoms with Crippen LogP contribution in [0.2, 0.25) is 0 Å². The summed E-state index contributed by atoms with van der Waals surface area (Å²) in [6.07, 6.45) is 0. The highest BCUT2D eigenvalue weighted by Crippen LogP contribution is 2.28. The van der Waals surface area contributed by atoms with E-state index in [2.05, 4.69) is 43.2 Å². The molecule has 0 fully saturated rings. The van der Waals surface area contributed by atoms with E-state index in [0.29, 0.717) is 10.7 Å². The molecule has 0 atom stereocenters. The molecule has 2 N–H and O–H groups in total. The highest BCUT2D eigenvalue weighted by molar-refractivity contribution is 8.00. The van der Waals surface area contributed by atoms with E-state index in [4.69, 9.17) is 0 Å². The van der Waals surface area contributed by atoms with Crippen LogP contribution in [0.3, 0.4) is 0 Å². The summed E-state index contributed by atoms with van der Waals surface area (Å²) in [6, 6.07) is 19.0. The Bertz CT molecular complexity index is 1390. The first-order chi connectivity index (χ1) is 17.2. The van der Waals surface area contributed by atoms with Crippen molar-refractivity contribution in [3.8, 4) is 0 Å². The molecular formula is C22H22N6O4S4. The highest BCUT2D eigenvalue weighted by Gasteiger charge is 2.21. The molecule has 14 heteroatoms. The molecule has 0 aliphatic heterocycles. The van der Waals surface area contributed by atoms with E-state index in [-0.39, 0.29) is 27.0 Å². The van der Waals surface area contributed by atoms with Crippen LogP contribution in [0.4, 0.5) is 10.3 Å². The van der Waals surface area contributed by atoms with Gasteiger partial charge in [-0.3, -0.25) is 9.59 Å². The van der Waals surface area contributed by atoms with Gasteiger partial charge in [0.25, 0.3) is 0 Å². The summed E-state index contributed by atoms with van der Waals surface area (Å²) < 4.78 is 25.0. The molecule has 0 radical (unpaired) electrons. The van der Waals surface area contributed by atoms with Crippen molar-refractivity contribution >= 4 is 66.4 Å². The van der Waals surface area contributed by atoms with E-state index in [0.717, 1.165) is 21.4 Å². The zero-order chi connectivity index (χ0) is 26.0. The van der Waals surface area contributed by atoms with Crippen molar-refractivity contribution in [1.29, 1.82) is 0 Å². The molecule has 0 spiro atoms. The third-order valence-electron chi connectivity index (χ3n) is 4.05. The van der Waals surface area contributed by atoms with Crippen molar-refractivity contribution in [2.75, 3.05) is 10.6 Å². The lowest BCUT2D eigenvalue weighted by Gasteiger charge is -1.99. The van der Waals surface area contributed by atoms with Gasteiger partial charge in [0.2, 0.25) is 36.3 Å². The average Bonchev–Trinajstić information content (AvgIpc) is 3.48. The Balaban J connectivity index is 0.000000202. The number of thioether (sulfide) groups is 1. The van der Waals surface area contributed by atoms with Gasteiger partial charge >= 0.3 is 0 Å². The standard InChI is InChI=1S/C11H11N3O3S2.C11H11N3OS2/c1-8(15)12-10-13-14-11(18-10)19(16,17)7-9-5-3-2-4-6-9;1-8(15)12-10-13-14-11(17-10)16-7-9-5-3-2-4-6-9/h2-6H,7H2,1H3,(H,12,13,15);2-6H,7H2,1H3,(H,12,13,15). The number of carbonyl (C=O) groups excluding carboxylic acids is 2. The summed E-state index contributed by atoms with van der Waals surface area (Å²) in [5, 5.41) is 20.9. The Kier molecular flexibility index (Phi) is 10.0. The summed E-state index contributed by atoms with van der Waals surface area (Å²) in [5.74, 6) is 0.280. The van der Waals surface area contributed by atoms with Gasteiger partial charge in [-0.1, -0.05) is 95.1 Å². The summed E-state index contributed by atoms with van der Waals surface area (Å²) >= 11 is 3.85. The molecule has 0 unspecified atom stereocenters. The number of benzene rings is 2. The lowest BCUT2D eigenvalue weighted by molar-refractivity contribution is -0.115. The molecule has 2 aromatic heterocycles. The van der Waals surface area contributed by atoms with Crippen molar-refractivity contribution in [2.24, 2.45) is 0 Å². The predicted molar refractivity (Wildman–Crippen MR) is 142 cm³/mol. The largest absolute Gasteiger partial charge is 0.301 e. The third-order valence-corrected chi connectivity index (χ3v) is 9.06. The number of aromatic nitrogens is 4. The van der Waals surface area contributed by atoms with Crippen LogP contribution in [0.5, 0.6) is 0 Å². The smallest absolute Gasteiger partial charge is 0.234 e. The number of hydrogen-bond donors (Lipinski definition) is 2. The lowest BCUT2D eigenvalue weighted by Crippen LogP contribution is -2.04. The number of anilines is 2. The molecule has 2 amide bonds. The number of sulfone groups is 1. The van der Waals surface area contributed by atoms with E-state index < -0.39 is 9.84 Å². The first-order valence-electron chi connectivity index (χ1n) is 10.4. The Morgan fingerprint density at radius 2 is 1.31 bits per heavy atom. The van der Waals surface area contributed by atoms with Gasteiger partial charge in [0.05, 0.1) is 5.75 Å². The Morgan fingerprint density at radius 3 is 1.89 bits per heavy atom. The van der Waals surface area contributed by atoms with Crippen molar-refractivity contribution in [2.45, 2.75) is 34.0 Å². The monoisotopic (exact) mass is 562 g/mol. The van der Waals surface area contributed by atoms with Gasteiger partial charge in [0.15, 0.2) is 4.34 Å². The minimum atomic E-state index is -3.53. The van der Waals surface area contributed by atoms with Gasteiger partial charge in [-0.15, -0.1) is 20.4 Å². The van der Waals surface area contributed by atoms with Crippen molar-refractivity contribution in [3.05, 3.63) is 71.8 Å². The number of nitrogens with zero attached hydrogens (tertiary/aromatic N) is 4. The first-order valence-corrected chi connectivity index (χ1v) is 14.6. The number of carbonyl (C=O) groups is 2. The maximum Gasteiger partial charge on any atom is 0.234 e. The Hall–Kier alpha value is -3.20. The molecule has 10 nitrogen and oxygen atoms in total. The fourth-order valence-electron chi connectivity index (χ4n) is 2.58. The molecule has 2 heterocycles. The Morgan fingerprint density at radius 1 is 0.778 bits per heavy atom. The van der Waals surface area contributed by atoms with E-state index in [1.807, 2.05) is 24.3 Å². The van der Waals surface area contributed by atoms with Crippen LogP contribution in [0.1, 0.15) is 25.0 Å². The van der Waals surface area contributed by atoms with Gasteiger partial charge in [-0.05, 0) is 11.1 Å². The highest BCUT2D eigenvalue weighted by atomic mass is 32.2. The molecule has 0 bridgehead atoms. The minimum absolute atomic E-state index is 0.0971. The molecule has 0 aliphatic rings. The second-order valence-corrected chi connectivity index (χ2v) is 12.5. The van der Waals surface area contributed by atoms with E-state index in [1.165, 1.54) is 30.7 Å². The van der Waals surface area contributed by atoms with Crippen LogP contribution in [0, 0.1) is 0 Å². The van der Waals surface area contributed by atoms with Crippen molar-refractivity contribution < 1.29 is 18.0 Å². The quantitative estimate of drug-likeness (QED) is 0.238. The third kappa shape index (κ3) is 9.11. The maximum atomic E-state index is 12.1. The van der Waals surface area contributed by atoms with Crippen LogP contribution in [-0.2, 0) is 30.9 Å². The topological polar surface area (TPSA) is 144 Å². The maximum absolute atomic E-state index is 12.1. The first kappa shape index (κ1) is 27.4. The van der Waals surface area contributed by atoms with E-state index in [1.54, 1.807) is 36.0 Å². The van der Waals surface area contributed by atoms with Gasteiger partial charge < -0.3 is 10.6 Å². The molecule has 4 aromatic rings. The van der Waals surface area contributed by atoms with E-state index >= 15 is 0 Å². The van der Waals surface area contributed by atoms with Gasteiger partial charge in [0.1, 0.15) is 0 Å². The second-order valence-electron chi connectivity index (χ2n) is 7.13. The summed E-state index contributed by atoms with van der Waals surface area (Å²) in [5.41, 5.74) is 1.92. The van der Waals surface area contributed by atoms with Gasteiger partial charge in [-0.2, -0.15) is 0 Å². The van der Waals surface area contributed by atoms with Crippen LogP contribution in [0.25, 0.3) is 0 Å². The van der Waals surface area contributed by atoms with Crippen LogP contribution < -0.4 is 10.6 Å². The van der Waals surface area contributed by atoms with Gasteiger partial charge in [0, 0.05) is 19.6 Å². The molecule has 0 saturated heterocycles. The van der Waals surface area contributed by atoms with Crippen LogP contribution >= 0.6 is 34.4 Å². The SMILES string of the molecule is CC(=O)Nc1nnc(S(=O)(=O)Cc2ccccc2)s1.CC(=O)Nc1nnc(SCc2ccccc2)s1. The fraction of sp³-hybridized carbons (Fsp3) is 0.182. The van der Waals surface area contributed by atoms with Crippen LogP contribution in [0.15, 0.2) is 69.3 Å². The van der Waals surface area contributed by atoms with Crippen molar-refractivity contribution in [1.82, 2.24) is 20.4 Å². The fourth-order valence-corrected chi connectivity index (χ4v) is 6.70. The zero-order valence-corrected chi connectivity index (χ0v) is 22.5. The second kappa shape index (κ2) is 13.2. The molecular weight excluding hydrogens is 541 g/mol. The van der Waals surface area contributed by atoms with Crippen molar-refractivity contribution in [3.63, 3.8) is 0 Å². The number of rotatable bonds is 8. The van der Waals surface area contributed by atoms with E-state index in [9.17, 15) is 18.0 Å². The lowest BCUT2D eigenvalue weighted by atomic mass is 10.2. The molecule has 4 rings (SSSR count). The predicted octanol–water partition coefficient (Wildman–Crippen LogP) is 4.26. The molecule has 2 aromatic carbocycles. The number of amides is 2. The van der Waals surface area contributed by atoms with Crippen LogP contribution in [-0.4, -0.2) is 40.6 Å². The summed E-state index contributed by atoms with van der Waals surface area (Å²) in [4.78, 5) is 21.7. The average molecular weight is 563 g/mol.